The second kappa shape index (κ2) is 5.72. The first kappa shape index (κ1) is 15.3. The van der Waals surface area contributed by atoms with Gasteiger partial charge in [0.1, 0.15) is 5.82 Å². The first-order valence-corrected chi connectivity index (χ1v) is 7.65. The van der Waals surface area contributed by atoms with Gasteiger partial charge in [-0.3, -0.25) is 0 Å². The summed E-state index contributed by atoms with van der Waals surface area (Å²) < 4.78 is 13.8. The Morgan fingerprint density at radius 3 is 2.50 bits per heavy atom. The standard InChI is InChI=1S/C17H26FNO/c1-5-17(6-2)7-8-19(11-17)16-9-12(3)15(18)10-14(16)13(4)20/h9-10,13,20H,5-8,11H2,1-4H3/t13-/m0/s1. The summed E-state index contributed by atoms with van der Waals surface area (Å²) in [4.78, 5) is 2.32. The molecule has 1 N–H and O–H groups in total. The SMILES string of the molecule is CCC1(CC)CCN(c2cc(C)c(F)cc2[C@H](C)O)C1. The van der Waals surface area contributed by atoms with Gasteiger partial charge in [0.2, 0.25) is 0 Å². The van der Waals surface area contributed by atoms with Crippen molar-refractivity contribution in [3.8, 4) is 0 Å². The molecule has 0 amide bonds. The van der Waals surface area contributed by atoms with Crippen molar-refractivity contribution in [2.24, 2.45) is 5.41 Å². The van der Waals surface area contributed by atoms with Crippen LogP contribution >= 0.6 is 0 Å². The van der Waals surface area contributed by atoms with Crippen LogP contribution in [0.4, 0.5) is 10.1 Å². The van der Waals surface area contributed by atoms with E-state index in [1.54, 1.807) is 13.8 Å². The quantitative estimate of drug-likeness (QED) is 0.892. The molecule has 1 heterocycles. The lowest BCUT2D eigenvalue weighted by molar-refractivity contribution is 0.199. The molecule has 0 spiro atoms. The summed E-state index contributed by atoms with van der Waals surface area (Å²) in [5, 5.41) is 9.93. The second-order valence-electron chi connectivity index (χ2n) is 6.21. The predicted octanol–water partition coefficient (Wildman–Crippen LogP) is 4.20. The summed E-state index contributed by atoms with van der Waals surface area (Å²) in [6.45, 7) is 9.98. The Labute approximate surface area is 121 Å². The van der Waals surface area contributed by atoms with E-state index in [1.165, 1.54) is 25.3 Å². The number of hydrogen-bond donors (Lipinski definition) is 1. The Kier molecular flexibility index (Phi) is 4.38. The monoisotopic (exact) mass is 279 g/mol. The highest BCUT2D eigenvalue weighted by molar-refractivity contribution is 5.57. The van der Waals surface area contributed by atoms with Crippen LogP contribution in [0.3, 0.4) is 0 Å². The molecule has 20 heavy (non-hydrogen) atoms. The van der Waals surface area contributed by atoms with E-state index in [2.05, 4.69) is 18.7 Å². The summed E-state index contributed by atoms with van der Waals surface area (Å²) in [6, 6.07) is 3.38. The third kappa shape index (κ3) is 2.69. The van der Waals surface area contributed by atoms with Crippen molar-refractivity contribution < 1.29 is 9.50 Å². The molecule has 3 heteroatoms. The molecule has 1 fully saturated rings. The Bertz CT molecular complexity index is 480. The number of halogens is 1. The van der Waals surface area contributed by atoms with Crippen molar-refractivity contribution in [1.82, 2.24) is 0 Å². The molecule has 0 unspecified atom stereocenters. The minimum absolute atomic E-state index is 0.235. The Hall–Kier alpha value is -1.09. The zero-order chi connectivity index (χ0) is 14.9. The molecule has 1 aromatic rings. The van der Waals surface area contributed by atoms with E-state index < -0.39 is 6.10 Å². The Morgan fingerprint density at radius 1 is 1.35 bits per heavy atom. The molecule has 0 aromatic heterocycles. The van der Waals surface area contributed by atoms with E-state index >= 15 is 0 Å². The van der Waals surface area contributed by atoms with Crippen LogP contribution in [0.2, 0.25) is 0 Å². The molecule has 2 rings (SSSR count). The van der Waals surface area contributed by atoms with Crippen molar-refractivity contribution in [2.75, 3.05) is 18.0 Å². The molecular formula is C17H26FNO. The highest BCUT2D eigenvalue weighted by Crippen LogP contribution is 2.41. The number of anilines is 1. The lowest BCUT2D eigenvalue weighted by atomic mass is 9.82. The summed E-state index contributed by atoms with van der Waals surface area (Å²) in [5.41, 5.74) is 2.73. The summed E-state index contributed by atoms with van der Waals surface area (Å²) in [5.74, 6) is -0.235. The molecule has 0 aliphatic carbocycles. The van der Waals surface area contributed by atoms with Crippen molar-refractivity contribution in [3.05, 3.63) is 29.1 Å². The van der Waals surface area contributed by atoms with Crippen LogP contribution in [-0.4, -0.2) is 18.2 Å². The van der Waals surface area contributed by atoms with Crippen LogP contribution in [0.5, 0.6) is 0 Å². The van der Waals surface area contributed by atoms with E-state index in [4.69, 9.17) is 0 Å². The molecule has 1 atom stereocenters. The minimum Gasteiger partial charge on any atom is -0.389 e. The van der Waals surface area contributed by atoms with Crippen molar-refractivity contribution >= 4 is 5.69 Å². The molecule has 1 aliphatic heterocycles. The summed E-state index contributed by atoms with van der Waals surface area (Å²) >= 11 is 0. The maximum absolute atomic E-state index is 13.8. The van der Waals surface area contributed by atoms with Gasteiger partial charge in [-0.05, 0) is 56.2 Å². The van der Waals surface area contributed by atoms with Crippen molar-refractivity contribution in [2.45, 2.75) is 53.1 Å². The molecule has 1 aliphatic rings. The van der Waals surface area contributed by atoms with Crippen molar-refractivity contribution in [1.29, 1.82) is 0 Å². The fraction of sp³-hybridized carbons (Fsp3) is 0.647. The highest BCUT2D eigenvalue weighted by Gasteiger charge is 2.36. The lowest BCUT2D eigenvalue weighted by Crippen LogP contribution is -2.27. The second-order valence-corrected chi connectivity index (χ2v) is 6.21. The number of rotatable bonds is 4. The molecule has 0 saturated carbocycles. The van der Waals surface area contributed by atoms with Gasteiger partial charge >= 0.3 is 0 Å². The summed E-state index contributed by atoms with van der Waals surface area (Å²) in [7, 11) is 0. The van der Waals surface area contributed by atoms with Crippen LogP contribution in [0.15, 0.2) is 12.1 Å². The van der Waals surface area contributed by atoms with Crippen LogP contribution in [0, 0.1) is 18.2 Å². The van der Waals surface area contributed by atoms with E-state index in [0.717, 1.165) is 18.8 Å². The van der Waals surface area contributed by atoms with Gasteiger partial charge in [0.25, 0.3) is 0 Å². The average molecular weight is 279 g/mol. The number of aliphatic hydroxyl groups is 1. The fourth-order valence-electron chi connectivity index (χ4n) is 3.26. The van der Waals surface area contributed by atoms with Crippen LogP contribution in [0.25, 0.3) is 0 Å². The van der Waals surface area contributed by atoms with Crippen molar-refractivity contribution in [3.63, 3.8) is 0 Å². The minimum atomic E-state index is -0.640. The highest BCUT2D eigenvalue weighted by atomic mass is 19.1. The third-order valence-corrected chi connectivity index (χ3v) is 5.04. The van der Waals surface area contributed by atoms with Gasteiger partial charge in [-0.15, -0.1) is 0 Å². The smallest absolute Gasteiger partial charge is 0.126 e. The molecule has 112 valence electrons. The maximum atomic E-state index is 13.8. The van der Waals surface area contributed by atoms with E-state index in [9.17, 15) is 9.50 Å². The maximum Gasteiger partial charge on any atom is 0.126 e. The van der Waals surface area contributed by atoms with Gasteiger partial charge in [-0.1, -0.05) is 13.8 Å². The zero-order valence-electron chi connectivity index (χ0n) is 13.0. The topological polar surface area (TPSA) is 23.5 Å². The predicted molar refractivity (Wildman–Crippen MR) is 81.6 cm³/mol. The van der Waals surface area contributed by atoms with Gasteiger partial charge in [0, 0.05) is 24.3 Å². The normalized spacial score (nSPS) is 19.4. The van der Waals surface area contributed by atoms with Gasteiger partial charge in [-0.25, -0.2) is 4.39 Å². The van der Waals surface area contributed by atoms with Gasteiger partial charge < -0.3 is 10.0 Å². The molecule has 2 nitrogen and oxygen atoms in total. The number of hydrogen-bond acceptors (Lipinski definition) is 2. The van der Waals surface area contributed by atoms with Gasteiger partial charge in [0.15, 0.2) is 0 Å². The van der Waals surface area contributed by atoms with Crippen LogP contribution in [-0.2, 0) is 0 Å². The Morgan fingerprint density at radius 2 is 2.00 bits per heavy atom. The Balaban J connectivity index is 2.36. The molecular weight excluding hydrogens is 253 g/mol. The average Bonchev–Trinajstić information content (AvgIpc) is 2.86. The zero-order valence-corrected chi connectivity index (χ0v) is 13.0. The molecule has 1 aromatic carbocycles. The summed E-state index contributed by atoms with van der Waals surface area (Å²) in [6.07, 6.45) is 2.88. The van der Waals surface area contributed by atoms with Gasteiger partial charge in [-0.2, -0.15) is 0 Å². The molecule has 0 radical (unpaired) electrons. The van der Waals surface area contributed by atoms with Gasteiger partial charge in [0.05, 0.1) is 6.10 Å². The number of aliphatic hydroxyl groups excluding tert-OH is 1. The first-order valence-electron chi connectivity index (χ1n) is 7.65. The van der Waals surface area contributed by atoms with E-state index in [1.807, 2.05) is 6.07 Å². The largest absolute Gasteiger partial charge is 0.389 e. The van der Waals surface area contributed by atoms with E-state index in [0.29, 0.717) is 16.5 Å². The first-order chi connectivity index (χ1) is 9.42. The number of aryl methyl sites for hydroxylation is 1. The van der Waals surface area contributed by atoms with Crippen LogP contribution in [0.1, 0.15) is 57.3 Å². The number of benzene rings is 1. The number of nitrogens with zero attached hydrogens (tertiary/aromatic N) is 1. The fourth-order valence-corrected chi connectivity index (χ4v) is 3.26. The lowest BCUT2D eigenvalue weighted by Gasteiger charge is -2.29. The molecule has 0 bridgehead atoms. The van der Waals surface area contributed by atoms with E-state index in [-0.39, 0.29) is 5.82 Å². The third-order valence-electron chi connectivity index (χ3n) is 5.04. The molecule has 1 saturated heterocycles. The van der Waals surface area contributed by atoms with Crippen LogP contribution < -0.4 is 4.90 Å².